The smallest absolute Gasteiger partial charge is 0.0791 e. The number of allylic oxidation sites excluding steroid dienone is 4. The van der Waals surface area contributed by atoms with Crippen molar-refractivity contribution < 1.29 is 5.11 Å². The predicted molar refractivity (Wildman–Crippen MR) is 56.4 cm³/mol. The van der Waals surface area contributed by atoms with E-state index in [4.69, 9.17) is 5.11 Å². The first-order valence-corrected chi connectivity index (χ1v) is 4.06. The summed E-state index contributed by atoms with van der Waals surface area (Å²) in [7, 11) is 0. The predicted octanol–water partition coefficient (Wildman–Crippen LogP) is 3.33. The normalized spacial score (nSPS) is 11.1. The maximum Gasteiger partial charge on any atom is 0.0791 e. The summed E-state index contributed by atoms with van der Waals surface area (Å²) in [6.45, 7) is 3.89. The van der Waals surface area contributed by atoms with Crippen LogP contribution in [0.5, 0.6) is 0 Å². The van der Waals surface area contributed by atoms with E-state index in [0.717, 1.165) is 17.4 Å². The van der Waals surface area contributed by atoms with Crippen molar-refractivity contribution in [3.63, 3.8) is 0 Å². The van der Waals surface area contributed by atoms with Crippen molar-refractivity contribution in [1.82, 2.24) is 0 Å². The fourth-order valence-corrected chi connectivity index (χ4v) is 0.970. The summed E-state index contributed by atoms with van der Waals surface area (Å²) >= 11 is 0. The molecule has 0 bridgehead atoms. The Balaban J connectivity index is 2.70. The highest BCUT2D eigenvalue weighted by Gasteiger charge is 1.90. The molecular weight excluding hydrogens is 160 g/mol. The van der Waals surface area contributed by atoms with Crippen LogP contribution in [-0.4, -0.2) is 5.11 Å². The summed E-state index contributed by atoms with van der Waals surface area (Å²) in [5.74, 6) is 0. The van der Waals surface area contributed by atoms with Crippen molar-refractivity contribution in [1.29, 1.82) is 0 Å². The molecule has 0 aliphatic heterocycles. The van der Waals surface area contributed by atoms with Crippen LogP contribution < -0.4 is 0 Å². The van der Waals surface area contributed by atoms with Crippen molar-refractivity contribution in [2.45, 2.75) is 0 Å². The summed E-state index contributed by atoms with van der Waals surface area (Å²) in [6.07, 6.45) is 6.14. The van der Waals surface area contributed by atoms with Crippen LogP contribution in [0.1, 0.15) is 5.56 Å². The molecule has 1 rings (SSSR count). The van der Waals surface area contributed by atoms with Gasteiger partial charge in [0.15, 0.2) is 0 Å². The molecule has 0 aliphatic carbocycles. The largest absolute Gasteiger partial charge is 0.516 e. The van der Waals surface area contributed by atoms with E-state index >= 15 is 0 Å². The van der Waals surface area contributed by atoms with E-state index in [1.54, 1.807) is 12.2 Å². The number of hydrogen-bond acceptors (Lipinski definition) is 1. The molecule has 0 heterocycles. The Labute approximate surface area is 78.3 Å². The van der Waals surface area contributed by atoms with E-state index in [2.05, 4.69) is 6.58 Å². The molecule has 1 aromatic rings. The van der Waals surface area contributed by atoms with Crippen LogP contribution in [0.3, 0.4) is 0 Å². The molecule has 0 amide bonds. The van der Waals surface area contributed by atoms with Crippen LogP contribution in [0.2, 0.25) is 0 Å². The third kappa shape index (κ3) is 2.99. The average Bonchev–Trinajstić information content (AvgIpc) is 2.19. The van der Waals surface area contributed by atoms with Crippen LogP contribution >= 0.6 is 0 Å². The van der Waals surface area contributed by atoms with Crippen LogP contribution in [-0.2, 0) is 0 Å². The standard InChI is InChI=1S/C12H12O/c1-11(7-5-6-10-13)12-8-3-2-4-9-12/h2-10,13H,1H2/b7-5-,10-6-. The van der Waals surface area contributed by atoms with E-state index in [1.807, 2.05) is 36.4 Å². The second-order valence-electron chi connectivity index (χ2n) is 2.59. The van der Waals surface area contributed by atoms with Gasteiger partial charge in [-0.3, -0.25) is 0 Å². The Morgan fingerprint density at radius 2 is 1.85 bits per heavy atom. The molecule has 1 heteroatoms. The van der Waals surface area contributed by atoms with Gasteiger partial charge in [-0.15, -0.1) is 0 Å². The van der Waals surface area contributed by atoms with E-state index in [-0.39, 0.29) is 0 Å². The Bertz CT molecular complexity index is 320. The Morgan fingerprint density at radius 3 is 2.46 bits per heavy atom. The van der Waals surface area contributed by atoms with Gasteiger partial charge in [0.05, 0.1) is 6.26 Å². The highest BCUT2D eigenvalue weighted by molar-refractivity contribution is 5.71. The molecule has 0 radical (unpaired) electrons. The van der Waals surface area contributed by atoms with Gasteiger partial charge in [-0.25, -0.2) is 0 Å². The molecule has 0 atom stereocenters. The topological polar surface area (TPSA) is 20.2 Å². The SMILES string of the molecule is C=C(/C=C\C=C/O)c1ccccc1. The van der Waals surface area contributed by atoms with Gasteiger partial charge in [0.2, 0.25) is 0 Å². The first-order chi connectivity index (χ1) is 6.34. The molecule has 0 aliphatic rings. The third-order valence-corrected chi connectivity index (χ3v) is 1.64. The monoisotopic (exact) mass is 172 g/mol. The van der Waals surface area contributed by atoms with Gasteiger partial charge in [0, 0.05) is 0 Å². The second kappa shape index (κ2) is 4.99. The zero-order chi connectivity index (χ0) is 9.52. The molecule has 0 aromatic heterocycles. The minimum Gasteiger partial charge on any atom is -0.516 e. The maximum atomic E-state index is 8.39. The molecule has 0 saturated heterocycles. The molecule has 13 heavy (non-hydrogen) atoms. The molecule has 0 saturated carbocycles. The molecular formula is C12H12O. The first kappa shape index (κ1) is 9.33. The Kier molecular flexibility index (Phi) is 3.58. The fraction of sp³-hybridized carbons (Fsp3) is 0. The van der Waals surface area contributed by atoms with Gasteiger partial charge >= 0.3 is 0 Å². The lowest BCUT2D eigenvalue weighted by atomic mass is 10.1. The molecule has 1 N–H and O–H groups in total. The van der Waals surface area contributed by atoms with Crippen molar-refractivity contribution in [3.8, 4) is 0 Å². The second-order valence-corrected chi connectivity index (χ2v) is 2.59. The van der Waals surface area contributed by atoms with E-state index in [0.29, 0.717) is 0 Å². The van der Waals surface area contributed by atoms with Gasteiger partial charge in [-0.1, -0.05) is 49.1 Å². The van der Waals surface area contributed by atoms with Crippen LogP contribution in [0.15, 0.2) is 61.4 Å². The minimum atomic E-state index is 0.929. The van der Waals surface area contributed by atoms with Crippen molar-refractivity contribution in [3.05, 3.63) is 67.0 Å². The van der Waals surface area contributed by atoms with Crippen molar-refractivity contribution in [2.24, 2.45) is 0 Å². The van der Waals surface area contributed by atoms with Crippen molar-refractivity contribution >= 4 is 5.57 Å². The maximum absolute atomic E-state index is 8.39. The van der Waals surface area contributed by atoms with Gasteiger partial charge < -0.3 is 5.11 Å². The zero-order valence-electron chi connectivity index (χ0n) is 7.35. The molecule has 0 spiro atoms. The van der Waals surface area contributed by atoms with Gasteiger partial charge in [0.25, 0.3) is 0 Å². The highest BCUT2D eigenvalue weighted by Crippen LogP contribution is 2.12. The van der Waals surface area contributed by atoms with Gasteiger partial charge in [-0.05, 0) is 17.2 Å². The van der Waals surface area contributed by atoms with Crippen LogP contribution in [0.4, 0.5) is 0 Å². The summed E-state index contributed by atoms with van der Waals surface area (Å²) in [6, 6.07) is 9.89. The number of aliphatic hydroxyl groups is 1. The first-order valence-electron chi connectivity index (χ1n) is 4.06. The van der Waals surface area contributed by atoms with Crippen molar-refractivity contribution in [2.75, 3.05) is 0 Å². The van der Waals surface area contributed by atoms with Gasteiger partial charge in [0.1, 0.15) is 0 Å². The lowest BCUT2D eigenvalue weighted by Crippen LogP contribution is -1.75. The highest BCUT2D eigenvalue weighted by atomic mass is 16.2. The quantitative estimate of drug-likeness (QED) is 0.547. The van der Waals surface area contributed by atoms with E-state index in [1.165, 1.54) is 0 Å². The summed E-state index contributed by atoms with van der Waals surface area (Å²) in [5.41, 5.74) is 2.02. The number of benzene rings is 1. The number of hydrogen-bond donors (Lipinski definition) is 1. The molecule has 66 valence electrons. The molecule has 0 unspecified atom stereocenters. The number of aliphatic hydroxyl groups excluding tert-OH is 1. The summed E-state index contributed by atoms with van der Waals surface area (Å²) < 4.78 is 0. The molecule has 0 fully saturated rings. The minimum absolute atomic E-state index is 0.929. The lowest BCUT2D eigenvalue weighted by Gasteiger charge is -1.97. The zero-order valence-corrected chi connectivity index (χ0v) is 7.35. The average molecular weight is 172 g/mol. The molecule has 1 nitrogen and oxygen atoms in total. The van der Waals surface area contributed by atoms with Crippen LogP contribution in [0, 0.1) is 0 Å². The third-order valence-electron chi connectivity index (χ3n) is 1.64. The summed E-state index contributed by atoms with van der Waals surface area (Å²) in [5, 5.41) is 8.39. The fourth-order valence-electron chi connectivity index (χ4n) is 0.970. The van der Waals surface area contributed by atoms with E-state index < -0.39 is 0 Å². The Hall–Kier alpha value is -1.76. The van der Waals surface area contributed by atoms with Crippen LogP contribution in [0.25, 0.3) is 5.57 Å². The number of rotatable bonds is 3. The Morgan fingerprint density at radius 1 is 1.15 bits per heavy atom. The van der Waals surface area contributed by atoms with Gasteiger partial charge in [-0.2, -0.15) is 0 Å². The lowest BCUT2D eigenvalue weighted by molar-refractivity contribution is 0.474. The summed E-state index contributed by atoms with van der Waals surface area (Å²) in [4.78, 5) is 0. The van der Waals surface area contributed by atoms with E-state index in [9.17, 15) is 0 Å². The molecule has 1 aromatic carbocycles.